The van der Waals surface area contributed by atoms with Crippen LogP contribution in [0.5, 0.6) is 0 Å². The monoisotopic (exact) mass is 309 g/mol. The van der Waals surface area contributed by atoms with Gasteiger partial charge in [0.25, 0.3) is 5.91 Å². The molecule has 2 atom stereocenters. The molecule has 0 fully saturated rings. The van der Waals surface area contributed by atoms with Crippen molar-refractivity contribution in [2.24, 2.45) is 5.41 Å². The minimum Gasteiger partial charge on any atom is -0.361 e. The van der Waals surface area contributed by atoms with E-state index in [9.17, 15) is 4.79 Å². The van der Waals surface area contributed by atoms with Gasteiger partial charge in [0.2, 0.25) is 0 Å². The van der Waals surface area contributed by atoms with E-state index in [4.69, 9.17) is 4.52 Å². The van der Waals surface area contributed by atoms with Crippen LogP contribution in [-0.4, -0.2) is 42.1 Å². The maximum absolute atomic E-state index is 12.3. The van der Waals surface area contributed by atoms with Crippen molar-refractivity contribution < 1.29 is 9.32 Å². The van der Waals surface area contributed by atoms with E-state index in [1.54, 1.807) is 6.07 Å². The van der Waals surface area contributed by atoms with Crippen molar-refractivity contribution in [2.75, 3.05) is 20.1 Å². The predicted octanol–water partition coefficient (Wildman–Crippen LogP) is 3.11. The lowest BCUT2D eigenvalue weighted by atomic mass is 9.78. The minimum absolute atomic E-state index is 0.0342. The van der Waals surface area contributed by atoms with Crippen LogP contribution in [0.1, 0.15) is 63.7 Å². The normalized spacial score (nSPS) is 15.6. The molecular weight excluding hydrogens is 278 g/mol. The number of nitrogens with zero attached hydrogens (tertiary/aromatic N) is 2. The fourth-order valence-electron chi connectivity index (χ4n) is 2.76. The number of aromatic nitrogens is 1. The third-order valence-electron chi connectivity index (χ3n) is 4.53. The van der Waals surface area contributed by atoms with Crippen LogP contribution in [0.15, 0.2) is 10.6 Å². The highest BCUT2D eigenvalue weighted by molar-refractivity contribution is 5.92. The summed E-state index contributed by atoms with van der Waals surface area (Å²) in [5.41, 5.74) is 0.401. The van der Waals surface area contributed by atoms with Crippen molar-refractivity contribution in [2.45, 2.75) is 59.9 Å². The second-order valence-electron chi connectivity index (χ2n) is 6.46. The molecule has 5 heteroatoms. The summed E-state index contributed by atoms with van der Waals surface area (Å²) in [4.78, 5) is 14.6. The highest BCUT2D eigenvalue weighted by Crippen LogP contribution is 2.29. The second kappa shape index (κ2) is 8.32. The van der Waals surface area contributed by atoms with E-state index in [2.05, 4.69) is 50.1 Å². The summed E-state index contributed by atoms with van der Waals surface area (Å²) in [6.45, 7) is 12.6. The topological polar surface area (TPSA) is 58.4 Å². The van der Waals surface area contributed by atoms with Gasteiger partial charge < -0.3 is 14.7 Å². The Morgan fingerprint density at radius 2 is 2.14 bits per heavy atom. The highest BCUT2D eigenvalue weighted by atomic mass is 16.5. The number of amides is 1. The van der Waals surface area contributed by atoms with Gasteiger partial charge in [0.05, 0.1) is 0 Å². The fourth-order valence-corrected chi connectivity index (χ4v) is 2.76. The van der Waals surface area contributed by atoms with Crippen LogP contribution >= 0.6 is 0 Å². The second-order valence-corrected chi connectivity index (χ2v) is 6.46. The lowest BCUT2D eigenvalue weighted by Crippen LogP contribution is -2.49. The van der Waals surface area contributed by atoms with E-state index in [1.807, 2.05) is 6.92 Å². The molecule has 0 aliphatic carbocycles. The Hall–Kier alpha value is -1.36. The average Bonchev–Trinajstić information content (AvgIpc) is 2.96. The molecule has 1 heterocycles. The maximum atomic E-state index is 12.3. The molecule has 5 nitrogen and oxygen atoms in total. The van der Waals surface area contributed by atoms with Gasteiger partial charge in [0, 0.05) is 30.5 Å². The zero-order valence-electron chi connectivity index (χ0n) is 14.9. The van der Waals surface area contributed by atoms with Gasteiger partial charge in [-0.1, -0.05) is 39.3 Å². The minimum atomic E-state index is -0.155. The van der Waals surface area contributed by atoms with Crippen LogP contribution in [0.25, 0.3) is 0 Å². The molecule has 0 saturated heterocycles. The van der Waals surface area contributed by atoms with Crippen molar-refractivity contribution in [1.82, 2.24) is 15.4 Å². The van der Waals surface area contributed by atoms with Crippen LogP contribution in [0.2, 0.25) is 0 Å². The summed E-state index contributed by atoms with van der Waals surface area (Å²) in [6.07, 6.45) is 2.90. The molecule has 0 aliphatic rings. The van der Waals surface area contributed by atoms with E-state index in [1.165, 1.54) is 0 Å². The summed E-state index contributed by atoms with van der Waals surface area (Å²) in [6, 6.07) is 1.79. The number of carbonyl (C=O) groups excluding carboxylic acids is 1. The zero-order valence-corrected chi connectivity index (χ0v) is 14.9. The third-order valence-corrected chi connectivity index (χ3v) is 4.53. The van der Waals surface area contributed by atoms with E-state index in [0.29, 0.717) is 5.69 Å². The fraction of sp³-hybridized carbons (Fsp3) is 0.765. The van der Waals surface area contributed by atoms with Gasteiger partial charge in [0.15, 0.2) is 5.69 Å². The summed E-state index contributed by atoms with van der Waals surface area (Å²) < 4.78 is 5.11. The first kappa shape index (κ1) is 18.7. The van der Waals surface area contributed by atoms with Crippen molar-refractivity contribution in [1.29, 1.82) is 0 Å². The van der Waals surface area contributed by atoms with Crippen molar-refractivity contribution in [3.8, 4) is 0 Å². The standard InChI is InChI=1S/C17H31N3O2/c1-7-10-17(5,12-20(6)9-3)13(4)18-16(21)15-11-14(8-2)22-19-15/h11,13H,7-10,12H2,1-6H3,(H,18,21). The van der Waals surface area contributed by atoms with Gasteiger partial charge in [-0.2, -0.15) is 0 Å². The number of carbonyl (C=O) groups is 1. The first-order chi connectivity index (χ1) is 10.4. The molecule has 1 rings (SSSR count). The Labute approximate surface area is 134 Å². The van der Waals surface area contributed by atoms with Crippen LogP contribution < -0.4 is 5.32 Å². The van der Waals surface area contributed by atoms with Crippen molar-refractivity contribution >= 4 is 5.91 Å². The van der Waals surface area contributed by atoms with Crippen LogP contribution in [-0.2, 0) is 6.42 Å². The Balaban J connectivity index is 2.77. The number of nitrogens with one attached hydrogen (secondary N) is 1. The number of hydrogen-bond donors (Lipinski definition) is 1. The third kappa shape index (κ3) is 4.83. The molecule has 0 aliphatic heterocycles. The summed E-state index contributed by atoms with van der Waals surface area (Å²) in [5, 5.41) is 6.95. The number of hydrogen-bond acceptors (Lipinski definition) is 4. The highest BCUT2D eigenvalue weighted by Gasteiger charge is 2.33. The van der Waals surface area contributed by atoms with Gasteiger partial charge in [-0.25, -0.2) is 0 Å². The first-order valence-corrected chi connectivity index (χ1v) is 8.31. The number of aryl methyl sites for hydroxylation is 1. The molecule has 0 saturated carbocycles. The summed E-state index contributed by atoms with van der Waals surface area (Å²) in [7, 11) is 2.12. The molecule has 22 heavy (non-hydrogen) atoms. The van der Waals surface area contributed by atoms with E-state index < -0.39 is 0 Å². The van der Waals surface area contributed by atoms with E-state index in [0.717, 1.165) is 38.1 Å². The van der Waals surface area contributed by atoms with Crippen LogP contribution in [0.4, 0.5) is 0 Å². The molecule has 0 spiro atoms. The molecule has 1 aromatic heterocycles. The lowest BCUT2D eigenvalue weighted by Gasteiger charge is -2.39. The Morgan fingerprint density at radius 3 is 2.64 bits per heavy atom. The smallest absolute Gasteiger partial charge is 0.273 e. The van der Waals surface area contributed by atoms with Gasteiger partial charge in [-0.3, -0.25) is 4.79 Å². The molecule has 1 amide bonds. The SMILES string of the molecule is CCCC(C)(CN(C)CC)C(C)NC(=O)c1cc(CC)on1. The Morgan fingerprint density at radius 1 is 1.45 bits per heavy atom. The Bertz CT molecular complexity index is 472. The largest absolute Gasteiger partial charge is 0.361 e. The molecule has 0 aromatic carbocycles. The van der Waals surface area contributed by atoms with Crippen molar-refractivity contribution in [3.05, 3.63) is 17.5 Å². The summed E-state index contributed by atoms with van der Waals surface area (Å²) >= 11 is 0. The lowest BCUT2D eigenvalue weighted by molar-refractivity contribution is 0.0837. The first-order valence-electron chi connectivity index (χ1n) is 8.31. The van der Waals surface area contributed by atoms with Gasteiger partial charge in [-0.05, 0) is 26.9 Å². The van der Waals surface area contributed by atoms with Crippen LogP contribution in [0.3, 0.4) is 0 Å². The summed E-state index contributed by atoms with van der Waals surface area (Å²) in [5.74, 6) is 0.581. The number of rotatable bonds is 9. The molecule has 1 N–H and O–H groups in total. The zero-order chi connectivity index (χ0) is 16.8. The quantitative estimate of drug-likeness (QED) is 0.761. The molecule has 1 aromatic rings. The molecular formula is C17H31N3O2. The van der Waals surface area contributed by atoms with Gasteiger partial charge in [-0.15, -0.1) is 0 Å². The molecule has 0 radical (unpaired) electrons. The van der Waals surface area contributed by atoms with E-state index >= 15 is 0 Å². The van der Waals surface area contributed by atoms with Gasteiger partial charge >= 0.3 is 0 Å². The maximum Gasteiger partial charge on any atom is 0.273 e. The predicted molar refractivity (Wildman–Crippen MR) is 89.0 cm³/mol. The molecule has 0 bridgehead atoms. The van der Waals surface area contributed by atoms with Crippen LogP contribution in [0, 0.1) is 5.41 Å². The molecule has 126 valence electrons. The van der Waals surface area contributed by atoms with Gasteiger partial charge in [0.1, 0.15) is 5.76 Å². The van der Waals surface area contributed by atoms with E-state index in [-0.39, 0.29) is 17.4 Å². The Kier molecular flexibility index (Phi) is 7.07. The molecule has 2 unspecified atom stereocenters. The average molecular weight is 309 g/mol. The van der Waals surface area contributed by atoms with Crippen molar-refractivity contribution in [3.63, 3.8) is 0 Å².